The Morgan fingerprint density at radius 2 is 1.82 bits per heavy atom. The molecule has 3 atom stereocenters. The van der Waals surface area contributed by atoms with Crippen LogP contribution in [0.1, 0.15) is 37.7 Å². The van der Waals surface area contributed by atoms with Crippen molar-refractivity contribution in [3.05, 3.63) is 42.0 Å². The van der Waals surface area contributed by atoms with Gasteiger partial charge < -0.3 is 14.5 Å². The number of esters is 1. The molecule has 0 saturated carbocycles. The highest BCUT2D eigenvalue weighted by Crippen LogP contribution is 2.43. The molecule has 2 aliphatic rings. The molecule has 0 unspecified atom stereocenters. The van der Waals surface area contributed by atoms with Crippen molar-refractivity contribution in [3.8, 4) is 6.07 Å². The molecule has 2 aromatic rings. The summed E-state index contributed by atoms with van der Waals surface area (Å²) < 4.78 is 5.80. The van der Waals surface area contributed by atoms with Crippen LogP contribution in [0.25, 0.3) is 10.8 Å². The Hall–Kier alpha value is -2.58. The summed E-state index contributed by atoms with van der Waals surface area (Å²) in [6, 6.07) is 15.3. The molecule has 146 valence electrons. The van der Waals surface area contributed by atoms with E-state index in [1.165, 1.54) is 5.69 Å². The van der Waals surface area contributed by atoms with Crippen LogP contribution in [0.2, 0.25) is 0 Å². The van der Waals surface area contributed by atoms with Gasteiger partial charge in [0.2, 0.25) is 0 Å². The van der Waals surface area contributed by atoms with Crippen LogP contribution in [0.15, 0.2) is 36.4 Å². The minimum absolute atomic E-state index is 0.0214. The number of hydrogen-bond acceptors (Lipinski definition) is 5. The van der Waals surface area contributed by atoms with Crippen LogP contribution < -0.4 is 4.90 Å². The third-order valence-electron chi connectivity index (χ3n) is 6.05. The van der Waals surface area contributed by atoms with Crippen LogP contribution in [0, 0.1) is 11.3 Å². The highest BCUT2D eigenvalue weighted by molar-refractivity contribution is 5.98. The van der Waals surface area contributed by atoms with Crippen LogP contribution >= 0.6 is 0 Å². The molecule has 0 aromatic heterocycles. The number of piperidine rings is 1. The third kappa shape index (κ3) is 3.57. The molecule has 0 spiro atoms. The molecule has 5 heteroatoms. The van der Waals surface area contributed by atoms with Crippen molar-refractivity contribution in [2.24, 2.45) is 0 Å². The van der Waals surface area contributed by atoms with E-state index in [1.54, 1.807) is 0 Å². The van der Waals surface area contributed by atoms with E-state index in [0.717, 1.165) is 48.6 Å². The van der Waals surface area contributed by atoms with Crippen molar-refractivity contribution < 1.29 is 9.53 Å². The smallest absolute Gasteiger partial charge is 0.307 e. The number of benzene rings is 2. The molecule has 0 N–H and O–H groups in total. The van der Waals surface area contributed by atoms with Crippen molar-refractivity contribution in [3.63, 3.8) is 0 Å². The Labute approximate surface area is 166 Å². The third-order valence-corrected chi connectivity index (χ3v) is 6.05. The molecule has 2 aliphatic heterocycles. The van der Waals surface area contributed by atoms with E-state index in [2.05, 4.69) is 23.1 Å². The van der Waals surface area contributed by atoms with E-state index in [-0.39, 0.29) is 12.1 Å². The fourth-order valence-corrected chi connectivity index (χ4v) is 4.78. The molecular weight excluding hydrogens is 350 g/mol. The SMILES string of the molecule is CN(C)CCC(=O)O[C@H]1C[C@H]2CC[C@@H](C1)N2c1ccc(C#N)c2ccccc12. The zero-order valence-corrected chi connectivity index (χ0v) is 16.6. The van der Waals surface area contributed by atoms with Gasteiger partial charge in [-0.3, -0.25) is 4.79 Å². The van der Waals surface area contributed by atoms with Crippen molar-refractivity contribution >= 4 is 22.4 Å². The molecule has 2 fully saturated rings. The standard InChI is InChI=1S/C23H27N3O2/c1-25(2)12-11-23(27)28-19-13-17-8-9-18(14-19)26(17)22-10-7-16(15-24)20-5-3-4-6-21(20)22/h3-7,10,17-19H,8-9,11-14H2,1-2H3/t17-,18+,19+. The van der Waals surface area contributed by atoms with Gasteiger partial charge >= 0.3 is 5.97 Å². The average Bonchev–Trinajstić information content (AvgIpc) is 2.95. The lowest BCUT2D eigenvalue weighted by molar-refractivity contribution is -0.150. The Bertz CT molecular complexity index is 904. The van der Waals surface area contributed by atoms with Crippen LogP contribution in [0.3, 0.4) is 0 Å². The summed E-state index contributed by atoms with van der Waals surface area (Å²) in [5.41, 5.74) is 1.93. The van der Waals surface area contributed by atoms with Gasteiger partial charge in [-0.2, -0.15) is 5.26 Å². The number of carbonyl (C=O) groups is 1. The average molecular weight is 377 g/mol. The molecule has 2 aromatic carbocycles. The molecule has 0 amide bonds. The second kappa shape index (κ2) is 7.81. The monoisotopic (exact) mass is 377 g/mol. The Kier molecular flexibility index (Phi) is 5.23. The lowest BCUT2D eigenvalue weighted by atomic mass is 9.96. The van der Waals surface area contributed by atoms with Crippen molar-refractivity contribution in [1.29, 1.82) is 5.26 Å². The first-order chi connectivity index (χ1) is 13.6. The summed E-state index contributed by atoms with van der Waals surface area (Å²) in [7, 11) is 3.93. The van der Waals surface area contributed by atoms with Gasteiger partial charge in [0.05, 0.1) is 18.1 Å². The van der Waals surface area contributed by atoms with Gasteiger partial charge in [0.15, 0.2) is 0 Å². The Morgan fingerprint density at radius 3 is 2.46 bits per heavy atom. The second-order valence-electron chi connectivity index (χ2n) is 8.22. The molecule has 0 aliphatic carbocycles. The van der Waals surface area contributed by atoms with Gasteiger partial charge in [0.1, 0.15) is 6.10 Å². The Morgan fingerprint density at radius 1 is 1.14 bits per heavy atom. The maximum absolute atomic E-state index is 12.2. The minimum atomic E-state index is -0.0876. The normalized spacial score (nSPS) is 23.8. The molecule has 5 nitrogen and oxygen atoms in total. The number of anilines is 1. The number of nitrogens with zero attached hydrogens (tertiary/aromatic N) is 3. The number of rotatable bonds is 5. The van der Waals surface area contributed by atoms with Crippen LogP contribution in [0.4, 0.5) is 5.69 Å². The zero-order valence-electron chi connectivity index (χ0n) is 16.6. The number of hydrogen-bond donors (Lipinski definition) is 0. The van der Waals surface area contributed by atoms with E-state index in [1.807, 2.05) is 43.3 Å². The summed E-state index contributed by atoms with van der Waals surface area (Å²) in [4.78, 5) is 16.7. The number of nitriles is 1. The van der Waals surface area contributed by atoms with Crippen LogP contribution in [0.5, 0.6) is 0 Å². The van der Waals surface area contributed by atoms with Gasteiger partial charge in [0, 0.05) is 47.9 Å². The zero-order chi connectivity index (χ0) is 19.7. The Balaban J connectivity index is 1.53. The molecular formula is C23H27N3O2. The minimum Gasteiger partial charge on any atom is -0.462 e. The maximum Gasteiger partial charge on any atom is 0.307 e. The predicted octanol–water partition coefficient (Wildman–Crippen LogP) is 3.71. The van der Waals surface area contributed by atoms with E-state index in [9.17, 15) is 10.1 Å². The van der Waals surface area contributed by atoms with Gasteiger partial charge in [0.25, 0.3) is 0 Å². The first-order valence-corrected chi connectivity index (χ1v) is 10.1. The fourth-order valence-electron chi connectivity index (χ4n) is 4.78. The predicted molar refractivity (Wildman–Crippen MR) is 110 cm³/mol. The highest BCUT2D eigenvalue weighted by Gasteiger charge is 2.42. The second-order valence-corrected chi connectivity index (χ2v) is 8.22. The summed E-state index contributed by atoms with van der Waals surface area (Å²) in [5.74, 6) is -0.0876. The van der Waals surface area contributed by atoms with Gasteiger partial charge in [-0.1, -0.05) is 24.3 Å². The number of fused-ring (bicyclic) bond motifs is 3. The van der Waals surface area contributed by atoms with Gasteiger partial charge in [-0.15, -0.1) is 0 Å². The molecule has 28 heavy (non-hydrogen) atoms. The first kappa shape index (κ1) is 18.8. The van der Waals surface area contributed by atoms with E-state index >= 15 is 0 Å². The topological polar surface area (TPSA) is 56.6 Å². The van der Waals surface area contributed by atoms with Crippen molar-refractivity contribution in [2.45, 2.75) is 50.3 Å². The summed E-state index contributed by atoms with van der Waals surface area (Å²) >= 11 is 0. The lowest BCUT2D eigenvalue weighted by Crippen LogP contribution is -2.46. The van der Waals surface area contributed by atoms with E-state index < -0.39 is 0 Å². The highest BCUT2D eigenvalue weighted by atomic mass is 16.5. The molecule has 2 bridgehead atoms. The van der Waals surface area contributed by atoms with E-state index in [4.69, 9.17) is 4.74 Å². The van der Waals surface area contributed by atoms with Gasteiger partial charge in [-0.25, -0.2) is 0 Å². The fraction of sp³-hybridized carbons (Fsp3) is 0.478. The summed E-state index contributed by atoms with van der Waals surface area (Å²) in [5, 5.41) is 11.6. The van der Waals surface area contributed by atoms with Crippen molar-refractivity contribution in [1.82, 2.24) is 4.90 Å². The quantitative estimate of drug-likeness (QED) is 0.744. The number of ether oxygens (including phenoxy) is 1. The largest absolute Gasteiger partial charge is 0.462 e. The van der Waals surface area contributed by atoms with E-state index in [0.29, 0.717) is 18.5 Å². The molecule has 4 rings (SSSR count). The molecule has 2 saturated heterocycles. The first-order valence-electron chi connectivity index (χ1n) is 10.1. The summed E-state index contributed by atoms with van der Waals surface area (Å²) in [6.45, 7) is 0.724. The maximum atomic E-state index is 12.2. The number of carbonyl (C=O) groups excluding carboxylic acids is 1. The van der Waals surface area contributed by atoms with Gasteiger partial charge in [-0.05, 0) is 39.1 Å². The molecule has 2 heterocycles. The lowest BCUT2D eigenvalue weighted by Gasteiger charge is -2.40. The molecule has 0 radical (unpaired) electrons. The van der Waals surface area contributed by atoms with Crippen LogP contribution in [-0.2, 0) is 9.53 Å². The van der Waals surface area contributed by atoms with Crippen molar-refractivity contribution in [2.75, 3.05) is 25.5 Å². The summed E-state index contributed by atoms with van der Waals surface area (Å²) in [6.07, 6.45) is 4.50. The van der Waals surface area contributed by atoms with Crippen LogP contribution in [-0.4, -0.2) is 49.7 Å².